The van der Waals surface area contributed by atoms with Crippen molar-refractivity contribution in [2.75, 3.05) is 6.61 Å². The van der Waals surface area contributed by atoms with E-state index in [0.717, 1.165) is 12.1 Å². The summed E-state index contributed by atoms with van der Waals surface area (Å²) < 4.78 is 30.8. The zero-order valence-electron chi connectivity index (χ0n) is 7.06. The van der Waals surface area contributed by atoms with E-state index in [4.69, 9.17) is 10.00 Å². The minimum absolute atomic E-state index is 0.0679. The minimum Gasteiger partial charge on any atom is -0.488 e. The Morgan fingerprint density at radius 3 is 2.71 bits per heavy atom. The first-order chi connectivity index (χ1) is 6.65. The van der Waals surface area contributed by atoms with Crippen molar-refractivity contribution in [3.05, 3.63) is 28.2 Å². The van der Waals surface area contributed by atoms with Crippen LogP contribution in [0.15, 0.2) is 16.6 Å². The molecule has 0 spiro atoms. The van der Waals surface area contributed by atoms with Gasteiger partial charge in [0.1, 0.15) is 12.4 Å². The van der Waals surface area contributed by atoms with Gasteiger partial charge in [0.15, 0.2) is 11.6 Å². The highest BCUT2D eigenvalue weighted by molar-refractivity contribution is 9.10. The molecule has 0 saturated carbocycles. The van der Waals surface area contributed by atoms with Gasteiger partial charge >= 0.3 is 0 Å². The number of halogens is 3. The number of hydrogen-bond acceptors (Lipinski definition) is 2. The predicted octanol–water partition coefficient (Wildman–Crippen LogP) is 3.02. The third-order valence-electron chi connectivity index (χ3n) is 1.42. The monoisotopic (exact) mass is 261 g/mol. The zero-order chi connectivity index (χ0) is 10.6. The van der Waals surface area contributed by atoms with Gasteiger partial charge in [-0.1, -0.05) is 0 Å². The molecule has 74 valence electrons. The number of benzene rings is 1. The molecule has 2 nitrogen and oxygen atoms in total. The second-order valence-corrected chi connectivity index (χ2v) is 3.31. The van der Waals surface area contributed by atoms with E-state index in [-0.39, 0.29) is 23.2 Å². The molecule has 0 N–H and O–H groups in total. The molecule has 14 heavy (non-hydrogen) atoms. The minimum atomic E-state index is -0.783. The van der Waals surface area contributed by atoms with Crippen LogP contribution in [-0.2, 0) is 0 Å². The summed E-state index contributed by atoms with van der Waals surface area (Å²) in [5.41, 5.74) is 0. The molecule has 0 bridgehead atoms. The Kier molecular flexibility index (Phi) is 3.84. The van der Waals surface area contributed by atoms with Gasteiger partial charge in [-0.2, -0.15) is 5.26 Å². The van der Waals surface area contributed by atoms with Gasteiger partial charge in [-0.3, -0.25) is 0 Å². The zero-order valence-corrected chi connectivity index (χ0v) is 8.64. The average molecular weight is 262 g/mol. The lowest BCUT2D eigenvalue weighted by atomic mass is 10.3. The molecule has 0 saturated heterocycles. The summed E-state index contributed by atoms with van der Waals surface area (Å²) >= 11 is 2.96. The number of hydrogen-bond donors (Lipinski definition) is 0. The van der Waals surface area contributed by atoms with Crippen LogP contribution < -0.4 is 4.74 Å². The van der Waals surface area contributed by atoms with Crippen molar-refractivity contribution < 1.29 is 13.5 Å². The van der Waals surface area contributed by atoms with Crippen LogP contribution >= 0.6 is 15.9 Å². The Morgan fingerprint density at radius 1 is 1.43 bits per heavy atom. The standard InChI is InChI=1S/C9H6BrF2NO/c10-7-4-6(11)5-8(12)9(7)14-3-1-2-13/h4-5H,1,3H2. The second kappa shape index (κ2) is 4.91. The highest BCUT2D eigenvalue weighted by Crippen LogP contribution is 2.29. The highest BCUT2D eigenvalue weighted by atomic mass is 79.9. The summed E-state index contributed by atoms with van der Waals surface area (Å²) in [6.07, 6.45) is 0.156. The largest absolute Gasteiger partial charge is 0.488 e. The molecule has 0 aliphatic carbocycles. The Morgan fingerprint density at radius 2 is 2.14 bits per heavy atom. The van der Waals surface area contributed by atoms with Crippen LogP contribution in [-0.4, -0.2) is 6.61 Å². The summed E-state index contributed by atoms with van der Waals surface area (Å²) in [7, 11) is 0. The summed E-state index contributed by atoms with van der Waals surface area (Å²) in [4.78, 5) is 0. The Balaban J connectivity index is 2.81. The van der Waals surface area contributed by atoms with E-state index in [1.54, 1.807) is 0 Å². The summed E-state index contributed by atoms with van der Waals surface area (Å²) in [6.45, 7) is 0.0810. The molecule has 0 atom stereocenters. The maximum absolute atomic E-state index is 13.1. The van der Waals surface area contributed by atoms with E-state index in [9.17, 15) is 8.78 Å². The van der Waals surface area contributed by atoms with Crippen molar-refractivity contribution in [1.29, 1.82) is 5.26 Å². The predicted molar refractivity (Wildman–Crippen MR) is 49.8 cm³/mol. The molecule has 5 heteroatoms. The molecule has 0 aliphatic rings. The number of nitriles is 1. The first-order valence-electron chi connectivity index (χ1n) is 3.79. The smallest absolute Gasteiger partial charge is 0.169 e. The van der Waals surface area contributed by atoms with Crippen molar-refractivity contribution >= 4 is 15.9 Å². The van der Waals surface area contributed by atoms with Crippen molar-refractivity contribution in [3.63, 3.8) is 0 Å². The normalized spacial score (nSPS) is 9.57. The summed E-state index contributed by atoms with van der Waals surface area (Å²) in [5, 5.41) is 8.23. The van der Waals surface area contributed by atoms with Gasteiger partial charge in [0.25, 0.3) is 0 Å². The van der Waals surface area contributed by atoms with Crippen LogP contribution in [0, 0.1) is 23.0 Å². The molecule has 1 aromatic carbocycles. The Bertz CT molecular complexity index is 353. The fourth-order valence-electron chi connectivity index (χ4n) is 0.866. The lowest BCUT2D eigenvalue weighted by Gasteiger charge is -2.07. The van der Waals surface area contributed by atoms with Crippen LogP contribution in [0.4, 0.5) is 8.78 Å². The SMILES string of the molecule is N#CCCOc1c(F)cc(F)cc1Br. The van der Waals surface area contributed by atoms with Gasteiger partial charge in [-0.15, -0.1) is 0 Å². The van der Waals surface area contributed by atoms with Crippen molar-refractivity contribution in [2.45, 2.75) is 6.42 Å². The van der Waals surface area contributed by atoms with Gasteiger partial charge in [-0.05, 0) is 22.0 Å². The second-order valence-electron chi connectivity index (χ2n) is 2.46. The van der Waals surface area contributed by atoms with Gasteiger partial charge in [0.05, 0.1) is 17.0 Å². The molecule has 0 amide bonds. The fourth-order valence-corrected chi connectivity index (χ4v) is 1.39. The first kappa shape index (κ1) is 10.9. The van der Waals surface area contributed by atoms with E-state index in [0.29, 0.717) is 0 Å². The topological polar surface area (TPSA) is 33.0 Å². The van der Waals surface area contributed by atoms with Crippen LogP contribution in [0.25, 0.3) is 0 Å². The van der Waals surface area contributed by atoms with Gasteiger partial charge in [-0.25, -0.2) is 8.78 Å². The molecule has 0 aromatic heterocycles. The summed E-state index contributed by atoms with van der Waals surface area (Å²) in [5.74, 6) is -1.53. The lowest BCUT2D eigenvalue weighted by molar-refractivity contribution is 0.306. The summed E-state index contributed by atoms with van der Waals surface area (Å²) in [6, 6.07) is 3.68. The van der Waals surface area contributed by atoms with Gasteiger partial charge in [0.2, 0.25) is 0 Å². The van der Waals surface area contributed by atoms with Crippen LogP contribution in [0.1, 0.15) is 6.42 Å². The first-order valence-corrected chi connectivity index (χ1v) is 4.58. The maximum Gasteiger partial charge on any atom is 0.169 e. The fraction of sp³-hybridized carbons (Fsp3) is 0.222. The number of nitrogens with zero attached hydrogens (tertiary/aromatic N) is 1. The molecule has 1 rings (SSSR count). The van der Waals surface area contributed by atoms with E-state index in [1.807, 2.05) is 6.07 Å². The average Bonchev–Trinajstić information content (AvgIpc) is 2.09. The van der Waals surface area contributed by atoms with Crippen LogP contribution in [0.3, 0.4) is 0 Å². The van der Waals surface area contributed by atoms with Crippen molar-refractivity contribution in [1.82, 2.24) is 0 Å². The molecule has 0 fully saturated rings. The molecular formula is C9H6BrF2NO. The third-order valence-corrected chi connectivity index (χ3v) is 2.01. The molecular weight excluding hydrogens is 256 g/mol. The molecule has 0 aliphatic heterocycles. The molecule has 1 aromatic rings. The maximum atomic E-state index is 13.1. The van der Waals surface area contributed by atoms with Crippen LogP contribution in [0.5, 0.6) is 5.75 Å². The molecule has 0 unspecified atom stereocenters. The van der Waals surface area contributed by atoms with Gasteiger partial charge in [0, 0.05) is 6.07 Å². The third kappa shape index (κ3) is 2.67. The number of rotatable bonds is 3. The van der Waals surface area contributed by atoms with Crippen molar-refractivity contribution in [2.24, 2.45) is 0 Å². The highest BCUT2D eigenvalue weighted by Gasteiger charge is 2.10. The van der Waals surface area contributed by atoms with E-state index < -0.39 is 11.6 Å². The van der Waals surface area contributed by atoms with Crippen LogP contribution in [0.2, 0.25) is 0 Å². The Labute approximate surface area is 88.2 Å². The molecule has 0 heterocycles. The number of ether oxygens (including phenoxy) is 1. The van der Waals surface area contributed by atoms with E-state index in [1.165, 1.54) is 0 Å². The van der Waals surface area contributed by atoms with E-state index in [2.05, 4.69) is 15.9 Å². The Hall–Kier alpha value is -1.15. The van der Waals surface area contributed by atoms with Crippen molar-refractivity contribution in [3.8, 4) is 11.8 Å². The quantitative estimate of drug-likeness (QED) is 0.784. The lowest BCUT2D eigenvalue weighted by Crippen LogP contribution is -1.99. The van der Waals surface area contributed by atoms with E-state index >= 15 is 0 Å². The van der Waals surface area contributed by atoms with Gasteiger partial charge < -0.3 is 4.74 Å². The molecule has 0 radical (unpaired) electrons.